The molecule has 6 nitrogen and oxygen atoms in total. The Morgan fingerprint density at radius 1 is 1.19 bits per heavy atom. The Labute approximate surface area is 185 Å². The van der Waals surface area contributed by atoms with Crippen LogP contribution < -0.4 is 5.32 Å². The first kappa shape index (κ1) is 23.0. The van der Waals surface area contributed by atoms with E-state index in [1.807, 2.05) is 33.2 Å². The number of ether oxygens (including phenoxy) is 1. The maximum atomic E-state index is 11.8. The Balaban J connectivity index is 1.73. The largest absolute Gasteiger partial charge is 0.444 e. The lowest BCUT2D eigenvalue weighted by molar-refractivity contribution is 0.0527. The van der Waals surface area contributed by atoms with Gasteiger partial charge in [0.2, 0.25) is 0 Å². The SMILES string of the molecule is CCCCC(C)c1nc2ccccc2c2c1ncn2CCCCNC(=O)OC(C)(C)C. The normalized spacial score (nSPS) is 12.9. The van der Waals surface area contributed by atoms with Crippen LogP contribution in [0.4, 0.5) is 4.79 Å². The molecule has 31 heavy (non-hydrogen) atoms. The van der Waals surface area contributed by atoms with Crippen molar-refractivity contribution >= 4 is 28.0 Å². The third kappa shape index (κ3) is 5.96. The van der Waals surface area contributed by atoms with Crippen LogP contribution in [0.15, 0.2) is 30.6 Å². The zero-order valence-electron chi connectivity index (χ0n) is 19.6. The van der Waals surface area contributed by atoms with Gasteiger partial charge < -0.3 is 14.6 Å². The number of nitrogens with one attached hydrogen (secondary N) is 1. The number of rotatable bonds is 9. The van der Waals surface area contributed by atoms with Gasteiger partial charge in [-0.05, 0) is 46.1 Å². The number of unbranched alkanes of at least 4 members (excludes halogenated alkanes) is 2. The second-order valence-corrected chi connectivity index (χ2v) is 9.33. The number of carbonyl (C=O) groups excluding carboxylic acids is 1. The van der Waals surface area contributed by atoms with Crippen LogP contribution in [0.3, 0.4) is 0 Å². The van der Waals surface area contributed by atoms with E-state index >= 15 is 0 Å². The number of para-hydroxylation sites is 1. The molecular weight excluding hydrogens is 388 g/mol. The van der Waals surface area contributed by atoms with E-state index in [1.54, 1.807) is 0 Å². The number of carbonyl (C=O) groups is 1. The zero-order chi connectivity index (χ0) is 22.4. The van der Waals surface area contributed by atoms with Gasteiger partial charge in [-0.2, -0.15) is 0 Å². The lowest BCUT2D eigenvalue weighted by Crippen LogP contribution is -2.33. The number of alkyl carbamates (subject to hydrolysis) is 1. The lowest BCUT2D eigenvalue weighted by atomic mass is 9.98. The Kier molecular flexibility index (Phi) is 7.52. The monoisotopic (exact) mass is 424 g/mol. The minimum Gasteiger partial charge on any atom is -0.444 e. The number of amides is 1. The topological polar surface area (TPSA) is 69.0 Å². The van der Waals surface area contributed by atoms with Crippen LogP contribution in [0.25, 0.3) is 21.9 Å². The molecule has 0 saturated carbocycles. The Hall–Kier alpha value is -2.63. The average molecular weight is 425 g/mol. The van der Waals surface area contributed by atoms with Crippen LogP contribution in [-0.4, -0.2) is 32.8 Å². The lowest BCUT2D eigenvalue weighted by Gasteiger charge is -2.19. The molecule has 0 radical (unpaired) electrons. The van der Waals surface area contributed by atoms with Crippen molar-refractivity contribution in [1.82, 2.24) is 19.9 Å². The van der Waals surface area contributed by atoms with Gasteiger partial charge in [-0.3, -0.25) is 4.98 Å². The van der Waals surface area contributed by atoms with Gasteiger partial charge in [0.25, 0.3) is 0 Å². The number of imidazole rings is 1. The van der Waals surface area contributed by atoms with E-state index < -0.39 is 5.60 Å². The fraction of sp³-hybridized carbons (Fsp3) is 0.560. The van der Waals surface area contributed by atoms with Gasteiger partial charge in [0, 0.05) is 24.4 Å². The van der Waals surface area contributed by atoms with Crippen molar-refractivity contribution in [3.63, 3.8) is 0 Å². The summed E-state index contributed by atoms with van der Waals surface area (Å²) in [5, 5.41) is 3.98. The highest BCUT2D eigenvalue weighted by molar-refractivity contribution is 6.03. The number of pyridine rings is 1. The van der Waals surface area contributed by atoms with E-state index in [1.165, 1.54) is 18.4 Å². The Morgan fingerprint density at radius 3 is 2.71 bits per heavy atom. The summed E-state index contributed by atoms with van der Waals surface area (Å²) in [4.78, 5) is 21.6. The first-order valence-corrected chi connectivity index (χ1v) is 11.5. The maximum absolute atomic E-state index is 11.8. The molecule has 1 atom stereocenters. The third-order valence-electron chi connectivity index (χ3n) is 5.43. The summed E-state index contributed by atoms with van der Waals surface area (Å²) < 4.78 is 7.53. The van der Waals surface area contributed by atoms with Crippen molar-refractivity contribution in [2.24, 2.45) is 0 Å². The molecule has 0 spiro atoms. The van der Waals surface area contributed by atoms with Gasteiger partial charge >= 0.3 is 6.09 Å². The molecule has 0 aliphatic rings. The number of aromatic nitrogens is 3. The van der Waals surface area contributed by atoms with Gasteiger partial charge in [-0.25, -0.2) is 9.78 Å². The molecule has 1 unspecified atom stereocenters. The molecule has 0 bridgehead atoms. The van der Waals surface area contributed by atoms with Gasteiger partial charge in [-0.15, -0.1) is 0 Å². The number of hydrogen-bond acceptors (Lipinski definition) is 4. The van der Waals surface area contributed by atoms with Crippen LogP contribution in [0, 0.1) is 0 Å². The first-order chi connectivity index (χ1) is 14.8. The minimum absolute atomic E-state index is 0.358. The summed E-state index contributed by atoms with van der Waals surface area (Å²) in [5.41, 5.74) is 3.85. The molecule has 0 saturated heterocycles. The number of benzene rings is 1. The van der Waals surface area contributed by atoms with E-state index in [4.69, 9.17) is 14.7 Å². The van der Waals surface area contributed by atoms with Gasteiger partial charge in [0.15, 0.2) is 0 Å². The highest BCUT2D eigenvalue weighted by atomic mass is 16.6. The van der Waals surface area contributed by atoms with Crippen LogP contribution in [-0.2, 0) is 11.3 Å². The molecule has 1 amide bonds. The molecular formula is C25H36N4O2. The van der Waals surface area contributed by atoms with E-state index in [9.17, 15) is 4.79 Å². The quantitative estimate of drug-likeness (QED) is 0.416. The van der Waals surface area contributed by atoms with Gasteiger partial charge in [-0.1, -0.05) is 44.9 Å². The predicted molar refractivity (Wildman–Crippen MR) is 126 cm³/mol. The van der Waals surface area contributed by atoms with Crippen molar-refractivity contribution in [2.75, 3.05) is 6.54 Å². The standard InChI is InChI=1S/C25H36N4O2/c1-6-7-12-18(2)21-22-23(19-13-8-9-14-20(19)28-21)29(17-27-22)16-11-10-15-26-24(30)31-25(3,4)5/h8-9,13-14,17-18H,6-7,10-12,15-16H2,1-5H3,(H,26,30). The molecule has 3 rings (SSSR count). The highest BCUT2D eigenvalue weighted by Crippen LogP contribution is 2.31. The number of fused-ring (bicyclic) bond motifs is 3. The van der Waals surface area contributed by atoms with Crippen molar-refractivity contribution in [3.8, 4) is 0 Å². The first-order valence-electron chi connectivity index (χ1n) is 11.5. The minimum atomic E-state index is -0.471. The third-order valence-corrected chi connectivity index (χ3v) is 5.43. The van der Waals surface area contributed by atoms with E-state index in [0.717, 1.165) is 47.9 Å². The molecule has 3 aromatic rings. The maximum Gasteiger partial charge on any atom is 0.407 e. The van der Waals surface area contributed by atoms with Crippen LogP contribution >= 0.6 is 0 Å². The number of hydrogen-bond donors (Lipinski definition) is 1. The predicted octanol–water partition coefficient (Wildman–Crippen LogP) is 6.18. The van der Waals surface area contributed by atoms with Gasteiger partial charge in [0.05, 0.1) is 23.1 Å². The van der Waals surface area contributed by atoms with E-state index in [-0.39, 0.29) is 6.09 Å². The van der Waals surface area contributed by atoms with E-state index in [2.05, 4.69) is 41.9 Å². The van der Waals surface area contributed by atoms with Crippen LogP contribution in [0.1, 0.15) is 78.3 Å². The highest BCUT2D eigenvalue weighted by Gasteiger charge is 2.18. The molecule has 1 N–H and O–H groups in total. The summed E-state index contributed by atoms with van der Waals surface area (Å²) >= 11 is 0. The van der Waals surface area contributed by atoms with Gasteiger partial charge in [0.1, 0.15) is 11.1 Å². The molecule has 168 valence electrons. The van der Waals surface area contributed by atoms with E-state index in [0.29, 0.717) is 12.5 Å². The summed E-state index contributed by atoms with van der Waals surface area (Å²) in [5.74, 6) is 0.383. The summed E-state index contributed by atoms with van der Waals surface area (Å²) in [7, 11) is 0. The second-order valence-electron chi connectivity index (χ2n) is 9.33. The number of aryl methyl sites for hydroxylation is 1. The molecule has 0 fully saturated rings. The van der Waals surface area contributed by atoms with Crippen molar-refractivity contribution < 1.29 is 9.53 Å². The summed E-state index contributed by atoms with van der Waals surface area (Å²) in [6.45, 7) is 11.5. The molecule has 0 aliphatic carbocycles. The fourth-order valence-electron chi connectivity index (χ4n) is 3.88. The van der Waals surface area contributed by atoms with Crippen molar-refractivity contribution in [3.05, 3.63) is 36.3 Å². The number of nitrogens with zero attached hydrogens (tertiary/aromatic N) is 3. The smallest absolute Gasteiger partial charge is 0.407 e. The molecule has 1 aromatic carbocycles. The second kappa shape index (κ2) is 10.1. The van der Waals surface area contributed by atoms with Crippen LogP contribution in [0.2, 0.25) is 0 Å². The van der Waals surface area contributed by atoms with Crippen molar-refractivity contribution in [2.45, 2.75) is 84.8 Å². The molecule has 0 aliphatic heterocycles. The zero-order valence-corrected chi connectivity index (χ0v) is 19.6. The molecule has 2 aromatic heterocycles. The fourth-order valence-corrected chi connectivity index (χ4v) is 3.88. The summed E-state index contributed by atoms with van der Waals surface area (Å²) in [6, 6.07) is 8.33. The Bertz CT molecular complexity index is 1020. The average Bonchev–Trinajstić information content (AvgIpc) is 3.14. The van der Waals surface area contributed by atoms with Crippen LogP contribution in [0.5, 0.6) is 0 Å². The van der Waals surface area contributed by atoms with Crippen molar-refractivity contribution in [1.29, 1.82) is 0 Å². The molecule has 2 heterocycles. The Morgan fingerprint density at radius 2 is 1.97 bits per heavy atom. The molecule has 6 heteroatoms. The summed E-state index contributed by atoms with van der Waals surface area (Å²) in [6.07, 6.45) is 6.91.